The van der Waals surface area contributed by atoms with Crippen molar-refractivity contribution in [2.24, 2.45) is 0 Å². The van der Waals surface area contributed by atoms with Crippen molar-refractivity contribution in [3.8, 4) is 11.5 Å². The summed E-state index contributed by atoms with van der Waals surface area (Å²) in [6, 6.07) is 9.79. The number of hydrogen-bond donors (Lipinski definition) is 0. The van der Waals surface area contributed by atoms with Crippen LogP contribution in [0.2, 0.25) is 0 Å². The number of methoxy groups -OCH3 is 1. The fraction of sp³-hybridized carbons (Fsp3) is 0.375. The summed E-state index contributed by atoms with van der Waals surface area (Å²) in [6.45, 7) is 4.19. The number of ether oxygens (including phenoxy) is 1. The Kier molecular flexibility index (Phi) is 5.51. The van der Waals surface area contributed by atoms with E-state index in [2.05, 4.69) is 21.5 Å². The zero-order valence-electron chi connectivity index (χ0n) is 12.4. The maximum atomic E-state index is 11.2. The monoisotopic (exact) mass is 288 g/mol. The summed E-state index contributed by atoms with van der Waals surface area (Å²) < 4.78 is 10.2. The van der Waals surface area contributed by atoms with E-state index in [1.54, 1.807) is 6.26 Å². The van der Waals surface area contributed by atoms with Crippen LogP contribution in [-0.4, -0.2) is 36.1 Å². The molecule has 0 unspecified atom stereocenters. The Morgan fingerprint density at radius 2 is 2.10 bits per heavy atom. The van der Waals surface area contributed by atoms with Crippen LogP contribution in [0.15, 0.2) is 41.0 Å². The number of aromatic nitrogens is 1. The third-order valence-corrected chi connectivity index (χ3v) is 3.27. The van der Waals surface area contributed by atoms with Gasteiger partial charge in [-0.2, -0.15) is 0 Å². The Labute approximate surface area is 124 Å². The molecule has 0 bridgehead atoms. The molecule has 0 amide bonds. The van der Waals surface area contributed by atoms with Crippen LogP contribution in [0.5, 0.6) is 0 Å². The van der Waals surface area contributed by atoms with Crippen molar-refractivity contribution in [3.05, 3.63) is 42.3 Å². The molecule has 1 heterocycles. The van der Waals surface area contributed by atoms with E-state index < -0.39 is 0 Å². The maximum absolute atomic E-state index is 11.2. The van der Waals surface area contributed by atoms with Crippen LogP contribution in [0.4, 0.5) is 0 Å². The van der Waals surface area contributed by atoms with Gasteiger partial charge in [-0.25, -0.2) is 4.98 Å². The van der Waals surface area contributed by atoms with Gasteiger partial charge in [0.05, 0.1) is 19.2 Å². The Hall–Kier alpha value is -2.14. The molecule has 5 nitrogen and oxygen atoms in total. The SMILES string of the molecule is CCN(CCC(=O)OC)Cc1coc(-c2ccccc2)n1. The van der Waals surface area contributed by atoms with Crippen molar-refractivity contribution < 1.29 is 13.9 Å². The molecule has 0 aliphatic rings. The van der Waals surface area contributed by atoms with Gasteiger partial charge in [0.2, 0.25) is 5.89 Å². The standard InChI is InChI=1S/C16H20N2O3/c1-3-18(10-9-15(19)20-2)11-14-12-21-16(17-14)13-7-5-4-6-8-13/h4-8,12H,3,9-11H2,1-2H3. The highest BCUT2D eigenvalue weighted by Gasteiger charge is 2.11. The lowest BCUT2D eigenvalue weighted by Gasteiger charge is -2.17. The van der Waals surface area contributed by atoms with E-state index in [1.807, 2.05) is 30.3 Å². The molecule has 0 radical (unpaired) electrons. The normalized spacial score (nSPS) is 10.8. The molecule has 2 aromatic rings. The summed E-state index contributed by atoms with van der Waals surface area (Å²) >= 11 is 0. The zero-order chi connectivity index (χ0) is 15.1. The number of esters is 1. The van der Waals surface area contributed by atoms with Crippen LogP contribution in [0.25, 0.3) is 11.5 Å². The lowest BCUT2D eigenvalue weighted by Crippen LogP contribution is -2.26. The Balaban J connectivity index is 1.96. The van der Waals surface area contributed by atoms with Crippen molar-refractivity contribution >= 4 is 5.97 Å². The van der Waals surface area contributed by atoms with Gasteiger partial charge in [0.1, 0.15) is 6.26 Å². The van der Waals surface area contributed by atoms with Gasteiger partial charge < -0.3 is 9.15 Å². The first-order valence-corrected chi connectivity index (χ1v) is 7.02. The first-order chi connectivity index (χ1) is 10.2. The molecular weight excluding hydrogens is 268 g/mol. The molecule has 0 aliphatic heterocycles. The quantitative estimate of drug-likeness (QED) is 0.733. The molecule has 1 aromatic carbocycles. The van der Waals surface area contributed by atoms with Gasteiger partial charge in [0.15, 0.2) is 0 Å². The second-order valence-corrected chi connectivity index (χ2v) is 4.70. The molecular formula is C16H20N2O3. The lowest BCUT2D eigenvalue weighted by atomic mass is 10.2. The molecule has 0 saturated carbocycles. The van der Waals surface area contributed by atoms with E-state index in [0.717, 1.165) is 17.8 Å². The molecule has 1 aromatic heterocycles. The third kappa shape index (κ3) is 4.43. The van der Waals surface area contributed by atoms with Crippen molar-refractivity contribution in [1.29, 1.82) is 0 Å². The zero-order valence-corrected chi connectivity index (χ0v) is 12.4. The van der Waals surface area contributed by atoms with Gasteiger partial charge >= 0.3 is 5.97 Å². The average molecular weight is 288 g/mol. The van der Waals surface area contributed by atoms with Crippen molar-refractivity contribution in [1.82, 2.24) is 9.88 Å². The molecule has 0 fully saturated rings. The predicted octanol–water partition coefficient (Wildman–Crippen LogP) is 2.73. The molecule has 0 atom stereocenters. The van der Waals surface area contributed by atoms with E-state index in [9.17, 15) is 4.79 Å². The van der Waals surface area contributed by atoms with E-state index in [0.29, 0.717) is 25.4 Å². The number of hydrogen-bond acceptors (Lipinski definition) is 5. The molecule has 0 saturated heterocycles. The number of carbonyl (C=O) groups is 1. The lowest BCUT2D eigenvalue weighted by molar-refractivity contribution is -0.141. The molecule has 21 heavy (non-hydrogen) atoms. The van der Waals surface area contributed by atoms with E-state index in [-0.39, 0.29) is 5.97 Å². The van der Waals surface area contributed by atoms with Gasteiger partial charge in [0.25, 0.3) is 0 Å². The summed E-state index contributed by atoms with van der Waals surface area (Å²) in [4.78, 5) is 17.8. The topological polar surface area (TPSA) is 55.6 Å². The summed E-state index contributed by atoms with van der Waals surface area (Å²) in [7, 11) is 1.41. The second kappa shape index (κ2) is 7.59. The van der Waals surface area contributed by atoms with Crippen LogP contribution >= 0.6 is 0 Å². The highest BCUT2D eigenvalue weighted by Crippen LogP contribution is 2.18. The van der Waals surface area contributed by atoms with Crippen molar-refractivity contribution in [2.75, 3.05) is 20.2 Å². The number of rotatable bonds is 7. The smallest absolute Gasteiger partial charge is 0.306 e. The fourth-order valence-corrected chi connectivity index (χ4v) is 2.02. The highest BCUT2D eigenvalue weighted by atomic mass is 16.5. The molecule has 2 rings (SSSR count). The van der Waals surface area contributed by atoms with E-state index in [1.165, 1.54) is 7.11 Å². The minimum Gasteiger partial charge on any atom is -0.469 e. The van der Waals surface area contributed by atoms with Gasteiger partial charge in [-0.15, -0.1) is 0 Å². The maximum Gasteiger partial charge on any atom is 0.306 e. The Morgan fingerprint density at radius 3 is 2.76 bits per heavy atom. The summed E-state index contributed by atoms with van der Waals surface area (Å²) in [5, 5.41) is 0. The number of nitrogens with zero attached hydrogens (tertiary/aromatic N) is 2. The van der Waals surface area contributed by atoms with Crippen molar-refractivity contribution in [3.63, 3.8) is 0 Å². The minimum absolute atomic E-state index is 0.196. The van der Waals surface area contributed by atoms with Crippen molar-refractivity contribution in [2.45, 2.75) is 19.9 Å². The van der Waals surface area contributed by atoms with Crippen LogP contribution in [-0.2, 0) is 16.1 Å². The first kappa shape index (κ1) is 15.3. The van der Waals surface area contributed by atoms with Crippen LogP contribution in [0.3, 0.4) is 0 Å². The van der Waals surface area contributed by atoms with Crippen LogP contribution < -0.4 is 0 Å². The molecule has 0 aliphatic carbocycles. The van der Waals surface area contributed by atoms with Gasteiger partial charge in [-0.3, -0.25) is 9.69 Å². The largest absolute Gasteiger partial charge is 0.469 e. The molecule has 112 valence electrons. The summed E-state index contributed by atoms with van der Waals surface area (Å²) in [5.41, 5.74) is 1.82. The minimum atomic E-state index is -0.196. The van der Waals surface area contributed by atoms with Crippen LogP contribution in [0.1, 0.15) is 19.0 Å². The first-order valence-electron chi connectivity index (χ1n) is 7.02. The molecule has 0 spiro atoms. The Morgan fingerprint density at radius 1 is 1.33 bits per heavy atom. The number of benzene rings is 1. The number of carbonyl (C=O) groups excluding carboxylic acids is 1. The van der Waals surface area contributed by atoms with Gasteiger partial charge in [0, 0.05) is 18.7 Å². The van der Waals surface area contributed by atoms with E-state index in [4.69, 9.17) is 4.42 Å². The highest BCUT2D eigenvalue weighted by molar-refractivity contribution is 5.69. The summed E-state index contributed by atoms with van der Waals surface area (Å²) in [5.74, 6) is 0.424. The third-order valence-electron chi connectivity index (χ3n) is 3.27. The Bertz CT molecular complexity index is 566. The number of oxazole rings is 1. The fourth-order valence-electron chi connectivity index (χ4n) is 2.02. The second-order valence-electron chi connectivity index (χ2n) is 4.70. The average Bonchev–Trinajstić information content (AvgIpc) is 3.00. The summed E-state index contributed by atoms with van der Waals surface area (Å²) in [6.07, 6.45) is 2.05. The van der Waals surface area contributed by atoms with Gasteiger partial charge in [-0.05, 0) is 18.7 Å². The van der Waals surface area contributed by atoms with E-state index >= 15 is 0 Å². The van der Waals surface area contributed by atoms with Gasteiger partial charge in [-0.1, -0.05) is 25.1 Å². The van der Waals surface area contributed by atoms with Crippen LogP contribution in [0, 0.1) is 0 Å². The molecule has 0 N–H and O–H groups in total. The molecule has 5 heteroatoms. The predicted molar refractivity (Wildman–Crippen MR) is 79.5 cm³/mol.